The summed E-state index contributed by atoms with van der Waals surface area (Å²) in [5, 5.41) is 3.50. The summed E-state index contributed by atoms with van der Waals surface area (Å²) in [5.41, 5.74) is 2.61. The van der Waals surface area contributed by atoms with Crippen LogP contribution < -0.4 is 5.32 Å². The van der Waals surface area contributed by atoms with Gasteiger partial charge in [-0.1, -0.05) is 26.3 Å². The summed E-state index contributed by atoms with van der Waals surface area (Å²) in [7, 11) is 0. The van der Waals surface area contributed by atoms with E-state index in [1.807, 2.05) is 6.20 Å². The number of nitrogens with one attached hydrogen (secondary N) is 1. The van der Waals surface area contributed by atoms with Gasteiger partial charge in [0, 0.05) is 11.9 Å². The molecule has 1 aliphatic rings. The minimum Gasteiger partial charge on any atom is -0.316 e. The quantitative estimate of drug-likeness (QED) is 0.863. The SMILES string of the molecule is CCc1ccc(CC2CCNCC2CC)nc1. The van der Waals surface area contributed by atoms with Gasteiger partial charge in [-0.2, -0.15) is 0 Å². The van der Waals surface area contributed by atoms with Gasteiger partial charge in [-0.3, -0.25) is 4.98 Å². The van der Waals surface area contributed by atoms with Crippen molar-refractivity contribution in [3.8, 4) is 0 Å². The lowest BCUT2D eigenvalue weighted by molar-refractivity contribution is 0.244. The summed E-state index contributed by atoms with van der Waals surface area (Å²) < 4.78 is 0. The second-order valence-corrected chi connectivity index (χ2v) is 5.14. The van der Waals surface area contributed by atoms with Gasteiger partial charge < -0.3 is 5.32 Å². The van der Waals surface area contributed by atoms with Crippen LogP contribution in [0.4, 0.5) is 0 Å². The van der Waals surface area contributed by atoms with Crippen molar-refractivity contribution in [1.82, 2.24) is 10.3 Å². The van der Waals surface area contributed by atoms with E-state index < -0.39 is 0 Å². The van der Waals surface area contributed by atoms with Gasteiger partial charge in [0.25, 0.3) is 0 Å². The first-order chi connectivity index (χ1) is 8.33. The molecule has 17 heavy (non-hydrogen) atoms. The van der Waals surface area contributed by atoms with E-state index >= 15 is 0 Å². The molecule has 0 amide bonds. The number of pyridine rings is 1. The molecule has 1 N–H and O–H groups in total. The Balaban J connectivity index is 1.98. The Bertz CT molecular complexity index is 331. The average molecular weight is 232 g/mol. The van der Waals surface area contributed by atoms with Crippen LogP contribution in [-0.2, 0) is 12.8 Å². The summed E-state index contributed by atoms with van der Waals surface area (Å²) in [6, 6.07) is 4.44. The largest absolute Gasteiger partial charge is 0.316 e. The highest BCUT2D eigenvalue weighted by atomic mass is 14.9. The molecule has 0 saturated carbocycles. The maximum absolute atomic E-state index is 4.59. The molecule has 0 aliphatic carbocycles. The van der Waals surface area contributed by atoms with Crippen LogP contribution in [0.5, 0.6) is 0 Å². The normalized spacial score (nSPS) is 24.8. The molecule has 0 bridgehead atoms. The number of rotatable bonds is 4. The molecule has 2 nitrogen and oxygen atoms in total. The lowest BCUT2D eigenvalue weighted by Gasteiger charge is -2.31. The standard InChI is InChI=1S/C15H24N2/c1-3-12-5-6-15(17-10-12)9-14-7-8-16-11-13(14)4-2/h5-6,10,13-14,16H,3-4,7-9,11H2,1-2H3. The second-order valence-electron chi connectivity index (χ2n) is 5.14. The zero-order valence-electron chi connectivity index (χ0n) is 11.1. The first kappa shape index (κ1) is 12.6. The molecule has 0 spiro atoms. The first-order valence-electron chi connectivity index (χ1n) is 6.98. The van der Waals surface area contributed by atoms with E-state index in [-0.39, 0.29) is 0 Å². The zero-order valence-corrected chi connectivity index (χ0v) is 11.1. The zero-order chi connectivity index (χ0) is 12.1. The van der Waals surface area contributed by atoms with Gasteiger partial charge in [0.05, 0.1) is 0 Å². The molecule has 2 heterocycles. The highest BCUT2D eigenvalue weighted by molar-refractivity contribution is 5.14. The van der Waals surface area contributed by atoms with Crippen LogP contribution in [0.15, 0.2) is 18.3 Å². The van der Waals surface area contributed by atoms with Gasteiger partial charge in [0.2, 0.25) is 0 Å². The van der Waals surface area contributed by atoms with E-state index in [1.54, 1.807) is 0 Å². The molecular weight excluding hydrogens is 208 g/mol. The Labute approximate surface area is 105 Å². The van der Waals surface area contributed by atoms with Crippen molar-refractivity contribution in [1.29, 1.82) is 0 Å². The van der Waals surface area contributed by atoms with Crippen molar-refractivity contribution >= 4 is 0 Å². The molecule has 2 atom stereocenters. The molecule has 2 heteroatoms. The van der Waals surface area contributed by atoms with Gasteiger partial charge in [-0.25, -0.2) is 0 Å². The molecular formula is C15H24N2. The van der Waals surface area contributed by atoms with Crippen LogP contribution in [0, 0.1) is 11.8 Å². The maximum atomic E-state index is 4.59. The minimum absolute atomic E-state index is 0.821. The molecule has 1 aromatic heterocycles. The van der Waals surface area contributed by atoms with Crippen molar-refractivity contribution in [3.63, 3.8) is 0 Å². The van der Waals surface area contributed by atoms with Gasteiger partial charge in [0.15, 0.2) is 0 Å². The summed E-state index contributed by atoms with van der Waals surface area (Å²) in [5.74, 6) is 1.65. The predicted octanol–water partition coefficient (Wildman–Crippen LogP) is 2.82. The van der Waals surface area contributed by atoms with Gasteiger partial charge in [0.1, 0.15) is 0 Å². The molecule has 1 aliphatic heterocycles. The third-order valence-corrected chi connectivity index (χ3v) is 4.06. The van der Waals surface area contributed by atoms with E-state index in [0.717, 1.165) is 24.7 Å². The number of hydrogen-bond acceptors (Lipinski definition) is 2. The first-order valence-corrected chi connectivity index (χ1v) is 6.98. The summed E-state index contributed by atoms with van der Waals surface area (Å²) in [4.78, 5) is 4.59. The Morgan fingerprint density at radius 1 is 1.29 bits per heavy atom. The summed E-state index contributed by atoms with van der Waals surface area (Å²) in [6.07, 6.45) is 6.86. The van der Waals surface area contributed by atoms with Crippen molar-refractivity contribution in [3.05, 3.63) is 29.6 Å². The smallest absolute Gasteiger partial charge is 0.0406 e. The third kappa shape index (κ3) is 3.29. The highest BCUT2D eigenvalue weighted by Gasteiger charge is 2.23. The van der Waals surface area contributed by atoms with Gasteiger partial charge >= 0.3 is 0 Å². The van der Waals surface area contributed by atoms with E-state index in [1.165, 1.54) is 37.2 Å². The van der Waals surface area contributed by atoms with Crippen LogP contribution >= 0.6 is 0 Å². The van der Waals surface area contributed by atoms with E-state index in [2.05, 4.69) is 36.3 Å². The summed E-state index contributed by atoms with van der Waals surface area (Å²) in [6.45, 7) is 6.84. The molecule has 1 aromatic rings. The van der Waals surface area contributed by atoms with Crippen molar-refractivity contribution in [2.45, 2.75) is 39.5 Å². The Kier molecular flexibility index (Phi) is 4.55. The Morgan fingerprint density at radius 2 is 2.18 bits per heavy atom. The molecule has 2 unspecified atom stereocenters. The number of aromatic nitrogens is 1. The summed E-state index contributed by atoms with van der Waals surface area (Å²) >= 11 is 0. The monoisotopic (exact) mass is 232 g/mol. The molecule has 94 valence electrons. The topological polar surface area (TPSA) is 24.9 Å². The fourth-order valence-corrected chi connectivity index (χ4v) is 2.78. The van der Waals surface area contributed by atoms with E-state index in [9.17, 15) is 0 Å². The van der Waals surface area contributed by atoms with Crippen molar-refractivity contribution in [2.24, 2.45) is 11.8 Å². The average Bonchev–Trinajstić information content (AvgIpc) is 2.40. The molecule has 0 aromatic carbocycles. The molecule has 1 saturated heterocycles. The van der Waals surface area contributed by atoms with Crippen LogP contribution in [0.25, 0.3) is 0 Å². The Morgan fingerprint density at radius 3 is 2.82 bits per heavy atom. The van der Waals surface area contributed by atoms with E-state index in [4.69, 9.17) is 0 Å². The van der Waals surface area contributed by atoms with Gasteiger partial charge in [-0.15, -0.1) is 0 Å². The molecule has 2 rings (SSSR count). The van der Waals surface area contributed by atoms with Crippen molar-refractivity contribution < 1.29 is 0 Å². The molecule has 1 fully saturated rings. The van der Waals surface area contributed by atoms with Crippen molar-refractivity contribution in [2.75, 3.05) is 13.1 Å². The maximum Gasteiger partial charge on any atom is 0.0406 e. The number of aryl methyl sites for hydroxylation is 1. The van der Waals surface area contributed by atoms with E-state index in [0.29, 0.717) is 0 Å². The third-order valence-electron chi connectivity index (χ3n) is 4.06. The number of piperidine rings is 1. The molecule has 0 radical (unpaired) electrons. The van der Waals surface area contributed by atoms with Crippen LogP contribution in [-0.4, -0.2) is 18.1 Å². The lowest BCUT2D eigenvalue weighted by atomic mass is 9.81. The fourth-order valence-electron chi connectivity index (χ4n) is 2.78. The van der Waals surface area contributed by atoms with Crippen LogP contribution in [0.1, 0.15) is 37.9 Å². The number of nitrogens with zero attached hydrogens (tertiary/aromatic N) is 1. The second kappa shape index (κ2) is 6.15. The van der Waals surface area contributed by atoms with Crippen LogP contribution in [0.2, 0.25) is 0 Å². The lowest BCUT2D eigenvalue weighted by Crippen LogP contribution is -2.37. The number of hydrogen-bond donors (Lipinski definition) is 1. The predicted molar refractivity (Wildman–Crippen MR) is 72.1 cm³/mol. The van der Waals surface area contributed by atoms with Gasteiger partial charge in [-0.05, 0) is 55.8 Å². The Hall–Kier alpha value is -0.890. The highest BCUT2D eigenvalue weighted by Crippen LogP contribution is 2.25. The fraction of sp³-hybridized carbons (Fsp3) is 0.667. The minimum atomic E-state index is 0.821. The van der Waals surface area contributed by atoms with Crippen LogP contribution in [0.3, 0.4) is 0 Å².